The van der Waals surface area contributed by atoms with Gasteiger partial charge >= 0.3 is 5.97 Å². The third kappa shape index (κ3) is 4.75. The van der Waals surface area contributed by atoms with Crippen molar-refractivity contribution >= 4 is 5.97 Å². The highest BCUT2D eigenvalue weighted by molar-refractivity contribution is 5.86. The second-order valence-electron chi connectivity index (χ2n) is 6.35. The van der Waals surface area contributed by atoms with Crippen molar-refractivity contribution in [2.45, 2.75) is 32.7 Å². The topological polar surface area (TPSA) is 81.7 Å². The van der Waals surface area contributed by atoms with Crippen molar-refractivity contribution in [2.75, 3.05) is 46.8 Å². The Balaban J connectivity index is 1.73. The zero-order valence-electron chi connectivity index (χ0n) is 14.7. The van der Waals surface area contributed by atoms with Crippen LogP contribution in [0.15, 0.2) is 12.2 Å². The Kier molecular flexibility index (Phi) is 6.00. The van der Waals surface area contributed by atoms with Crippen LogP contribution in [-0.4, -0.2) is 64.7 Å². The molecule has 0 saturated carbocycles. The van der Waals surface area contributed by atoms with Crippen LogP contribution in [0.1, 0.15) is 20.8 Å². The first kappa shape index (κ1) is 19.3. The molecule has 0 aromatic carbocycles. The van der Waals surface area contributed by atoms with Gasteiger partial charge in [0, 0.05) is 26.5 Å². The Labute approximate surface area is 141 Å². The summed E-state index contributed by atoms with van der Waals surface area (Å²) in [4.78, 5) is 11.3. The van der Waals surface area contributed by atoms with Crippen LogP contribution in [0.2, 0.25) is 0 Å². The van der Waals surface area contributed by atoms with E-state index < -0.39 is 23.3 Å². The molecule has 0 N–H and O–H groups in total. The average molecular weight is 346 g/mol. The lowest BCUT2D eigenvalue weighted by atomic mass is 9.90. The van der Waals surface area contributed by atoms with Crippen molar-refractivity contribution in [3.8, 4) is 0 Å². The summed E-state index contributed by atoms with van der Waals surface area (Å²) >= 11 is 0. The summed E-state index contributed by atoms with van der Waals surface area (Å²) in [7, 11) is 1.53. The minimum atomic E-state index is -1.19. The highest BCUT2D eigenvalue weighted by Gasteiger charge is 2.49. The van der Waals surface area contributed by atoms with E-state index in [1.165, 1.54) is 7.11 Å². The zero-order chi connectivity index (χ0) is 17.8. The highest BCUT2D eigenvalue weighted by atomic mass is 16.9. The quantitative estimate of drug-likeness (QED) is 0.403. The smallest absolute Gasteiger partial charge is 0.333 e. The maximum absolute atomic E-state index is 11.3. The van der Waals surface area contributed by atoms with Gasteiger partial charge in [0.1, 0.15) is 6.61 Å². The van der Waals surface area contributed by atoms with Crippen LogP contribution in [0.5, 0.6) is 0 Å². The monoisotopic (exact) mass is 346 g/mol. The molecule has 24 heavy (non-hydrogen) atoms. The SMILES string of the molecule is C=C(C)C(=O)OCCOC1(C)OCC2(COC(C)(OC)OC2)CO1. The lowest BCUT2D eigenvalue weighted by molar-refractivity contribution is -0.453. The number of methoxy groups -OCH3 is 1. The van der Waals surface area contributed by atoms with E-state index in [4.69, 9.17) is 33.2 Å². The van der Waals surface area contributed by atoms with Gasteiger partial charge < -0.3 is 33.2 Å². The zero-order valence-corrected chi connectivity index (χ0v) is 14.7. The number of carbonyl (C=O) groups is 1. The number of rotatable bonds is 6. The molecular weight excluding hydrogens is 320 g/mol. The fourth-order valence-corrected chi connectivity index (χ4v) is 2.16. The van der Waals surface area contributed by atoms with Crippen molar-refractivity contribution in [2.24, 2.45) is 5.41 Å². The summed E-state index contributed by atoms with van der Waals surface area (Å²) in [5, 5.41) is 0. The van der Waals surface area contributed by atoms with Crippen LogP contribution in [0.25, 0.3) is 0 Å². The lowest BCUT2D eigenvalue weighted by Crippen LogP contribution is -2.58. The van der Waals surface area contributed by atoms with E-state index in [0.29, 0.717) is 32.0 Å². The van der Waals surface area contributed by atoms with Gasteiger partial charge in [-0.3, -0.25) is 0 Å². The first-order chi connectivity index (χ1) is 11.2. The maximum Gasteiger partial charge on any atom is 0.333 e. The Hall–Kier alpha value is -1.03. The van der Waals surface area contributed by atoms with Crippen LogP contribution in [0.4, 0.5) is 0 Å². The van der Waals surface area contributed by atoms with E-state index in [1.54, 1.807) is 20.8 Å². The molecule has 2 aliphatic rings. The lowest BCUT2D eigenvalue weighted by Gasteiger charge is -2.48. The summed E-state index contributed by atoms with van der Waals surface area (Å²) in [6, 6.07) is 0. The van der Waals surface area contributed by atoms with Crippen LogP contribution in [-0.2, 0) is 38.0 Å². The van der Waals surface area contributed by atoms with E-state index in [1.807, 2.05) is 0 Å². The van der Waals surface area contributed by atoms with Crippen molar-refractivity contribution in [3.63, 3.8) is 0 Å². The molecule has 2 heterocycles. The van der Waals surface area contributed by atoms with Gasteiger partial charge in [0.25, 0.3) is 11.9 Å². The number of ether oxygens (including phenoxy) is 7. The van der Waals surface area contributed by atoms with E-state index in [2.05, 4.69) is 6.58 Å². The number of esters is 1. The standard InChI is InChI=1S/C16H26O8/c1-12(2)13(17)19-6-7-20-15(4)23-10-16(11-24-15)8-21-14(3,18-5)22-9-16/h1,6-11H2,2-5H3. The largest absolute Gasteiger partial charge is 0.460 e. The minimum absolute atomic E-state index is 0.0948. The summed E-state index contributed by atoms with van der Waals surface area (Å²) in [5.41, 5.74) is -0.0541. The normalized spacial score (nSPS) is 36.5. The molecule has 2 fully saturated rings. The Morgan fingerprint density at radius 2 is 1.50 bits per heavy atom. The van der Waals surface area contributed by atoms with Crippen LogP contribution in [0, 0.1) is 5.41 Å². The molecule has 0 aliphatic carbocycles. The summed E-state index contributed by atoms with van der Waals surface area (Å²) in [5.74, 6) is -2.68. The van der Waals surface area contributed by atoms with Crippen molar-refractivity contribution < 1.29 is 38.0 Å². The van der Waals surface area contributed by atoms with E-state index in [0.717, 1.165) is 0 Å². The molecule has 2 saturated heterocycles. The Morgan fingerprint density at radius 3 is 1.96 bits per heavy atom. The average Bonchev–Trinajstić information content (AvgIpc) is 2.57. The van der Waals surface area contributed by atoms with Gasteiger partial charge in [0.2, 0.25) is 0 Å². The molecule has 0 bridgehead atoms. The van der Waals surface area contributed by atoms with Gasteiger partial charge in [-0.1, -0.05) is 6.58 Å². The number of carbonyl (C=O) groups excluding carboxylic acids is 1. The third-order valence-electron chi connectivity index (χ3n) is 3.96. The minimum Gasteiger partial charge on any atom is -0.460 e. The molecule has 8 nitrogen and oxygen atoms in total. The third-order valence-corrected chi connectivity index (χ3v) is 3.96. The molecule has 1 spiro atoms. The number of hydrogen-bond donors (Lipinski definition) is 0. The fourth-order valence-electron chi connectivity index (χ4n) is 2.16. The van der Waals surface area contributed by atoms with Gasteiger partial charge in [0.05, 0.1) is 38.4 Å². The van der Waals surface area contributed by atoms with Crippen molar-refractivity contribution in [1.29, 1.82) is 0 Å². The fraction of sp³-hybridized carbons (Fsp3) is 0.812. The Bertz CT molecular complexity index is 457. The van der Waals surface area contributed by atoms with Crippen LogP contribution in [0.3, 0.4) is 0 Å². The molecule has 0 aromatic rings. The molecule has 0 atom stereocenters. The molecular formula is C16H26O8. The molecule has 138 valence electrons. The van der Waals surface area contributed by atoms with Gasteiger partial charge in [-0.2, -0.15) is 0 Å². The van der Waals surface area contributed by atoms with Crippen LogP contribution < -0.4 is 0 Å². The molecule has 0 radical (unpaired) electrons. The van der Waals surface area contributed by atoms with Crippen molar-refractivity contribution in [1.82, 2.24) is 0 Å². The molecule has 2 rings (SSSR count). The first-order valence-electron chi connectivity index (χ1n) is 7.79. The predicted octanol–water partition coefficient (Wildman–Crippen LogP) is 1.20. The molecule has 8 heteroatoms. The van der Waals surface area contributed by atoms with Gasteiger partial charge in [0.15, 0.2) is 0 Å². The molecule has 0 unspecified atom stereocenters. The molecule has 2 aliphatic heterocycles. The predicted molar refractivity (Wildman–Crippen MR) is 81.8 cm³/mol. The van der Waals surface area contributed by atoms with E-state index in [-0.39, 0.29) is 13.2 Å². The summed E-state index contributed by atoms with van der Waals surface area (Å²) in [6.45, 7) is 10.2. The van der Waals surface area contributed by atoms with Gasteiger partial charge in [-0.25, -0.2) is 4.79 Å². The summed E-state index contributed by atoms with van der Waals surface area (Å²) in [6.07, 6.45) is 0. The molecule has 0 aromatic heterocycles. The summed E-state index contributed by atoms with van der Waals surface area (Å²) < 4.78 is 38.3. The van der Waals surface area contributed by atoms with Crippen LogP contribution >= 0.6 is 0 Å². The highest BCUT2D eigenvalue weighted by Crippen LogP contribution is 2.36. The second-order valence-corrected chi connectivity index (χ2v) is 6.35. The van der Waals surface area contributed by atoms with E-state index in [9.17, 15) is 4.79 Å². The second kappa shape index (κ2) is 7.47. The van der Waals surface area contributed by atoms with Crippen molar-refractivity contribution in [3.05, 3.63) is 12.2 Å². The Morgan fingerprint density at radius 1 is 1.00 bits per heavy atom. The van der Waals surface area contributed by atoms with Gasteiger partial charge in [-0.05, 0) is 6.92 Å². The first-order valence-corrected chi connectivity index (χ1v) is 7.79. The maximum atomic E-state index is 11.3. The number of hydrogen-bond acceptors (Lipinski definition) is 8. The van der Waals surface area contributed by atoms with E-state index >= 15 is 0 Å². The van der Waals surface area contributed by atoms with Gasteiger partial charge in [-0.15, -0.1) is 0 Å². The molecule has 0 amide bonds.